The fraction of sp³-hybridized carbons (Fsp3) is 0. The molecule has 0 aliphatic carbocycles. The molecular formula is C14H8ClFN2. The van der Waals surface area contributed by atoms with E-state index in [0.717, 1.165) is 0 Å². The molecule has 1 heterocycles. The standard InChI is InChI=1S/C14H8ClFN2/c15-14(11-1-3-12(16)4-2-11)13(9-17)10-5-7-18-8-6-10/h1-8H/b14-13-. The monoisotopic (exact) mass is 258 g/mol. The lowest BCUT2D eigenvalue weighted by Gasteiger charge is -2.04. The molecule has 2 nitrogen and oxygen atoms in total. The normalized spacial score (nSPS) is 11.6. The first kappa shape index (κ1) is 12.3. The summed E-state index contributed by atoms with van der Waals surface area (Å²) in [6.07, 6.45) is 3.17. The van der Waals surface area contributed by atoms with Crippen molar-refractivity contribution >= 4 is 22.2 Å². The Labute approximate surface area is 109 Å². The molecule has 0 aliphatic rings. The highest BCUT2D eigenvalue weighted by atomic mass is 35.5. The molecule has 0 saturated carbocycles. The van der Waals surface area contributed by atoms with Crippen molar-refractivity contribution in [2.45, 2.75) is 0 Å². The highest BCUT2D eigenvalue weighted by Crippen LogP contribution is 2.28. The summed E-state index contributed by atoms with van der Waals surface area (Å²) >= 11 is 6.17. The molecule has 0 N–H and O–H groups in total. The lowest BCUT2D eigenvalue weighted by atomic mass is 10.0. The van der Waals surface area contributed by atoms with Crippen molar-refractivity contribution < 1.29 is 4.39 Å². The number of aromatic nitrogens is 1. The molecule has 18 heavy (non-hydrogen) atoms. The van der Waals surface area contributed by atoms with Crippen molar-refractivity contribution in [3.8, 4) is 6.07 Å². The number of rotatable bonds is 2. The molecule has 88 valence electrons. The van der Waals surface area contributed by atoms with Crippen LogP contribution < -0.4 is 0 Å². The van der Waals surface area contributed by atoms with Crippen LogP contribution in [0.5, 0.6) is 0 Å². The van der Waals surface area contributed by atoms with E-state index in [2.05, 4.69) is 11.1 Å². The van der Waals surface area contributed by atoms with Crippen molar-refractivity contribution in [1.82, 2.24) is 4.98 Å². The van der Waals surface area contributed by atoms with Crippen LogP contribution in [-0.4, -0.2) is 4.98 Å². The minimum absolute atomic E-state index is 0.295. The Kier molecular flexibility index (Phi) is 3.71. The summed E-state index contributed by atoms with van der Waals surface area (Å²) in [5.41, 5.74) is 1.62. The maximum Gasteiger partial charge on any atom is 0.123 e. The number of hydrogen-bond donors (Lipinski definition) is 0. The average Bonchev–Trinajstić information content (AvgIpc) is 2.41. The molecule has 0 atom stereocenters. The Bertz CT molecular complexity index is 612. The second-order valence-corrected chi connectivity index (χ2v) is 3.92. The van der Waals surface area contributed by atoms with Gasteiger partial charge in [0.2, 0.25) is 0 Å². The Hall–Kier alpha value is -2.18. The number of nitriles is 1. The zero-order chi connectivity index (χ0) is 13.0. The molecule has 0 aliphatic heterocycles. The van der Waals surface area contributed by atoms with E-state index in [1.807, 2.05) is 0 Å². The van der Waals surface area contributed by atoms with Gasteiger partial charge in [-0.2, -0.15) is 5.26 Å². The summed E-state index contributed by atoms with van der Waals surface area (Å²) in [5.74, 6) is -0.342. The van der Waals surface area contributed by atoms with Gasteiger partial charge in [-0.05, 0) is 35.4 Å². The molecule has 1 aromatic heterocycles. The van der Waals surface area contributed by atoms with Crippen LogP contribution in [0.25, 0.3) is 10.6 Å². The minimum atomic E-state index is -0.342. The number of pyridine rings is 1. The molecule has 4 heteroatoms. The van der Waals surface area contributed by atoms with Gasteiger partial charge in [-0.25, -0.2) is 4.39 Å². The van der Waals surface area contributed by atoms with Gasteiger partial charge in [0.1, 0.15) is 11.9 Å². The lowest BCUT2D eigenvalue weighted by molar-refractivity contribution is 0.628. The molecule has 1 aromatic carbocycles. The lowest BCUT2D eigenvalue weighted by Crippen LogP contribution is -1.87. The average molecular weight is 259 g/mol. The molecule has 2 aromatic rings. The second kappa shape index (κ2) is 5.44. The third-order valence-electron chi connectivity index (χ3n) is 2.40. The van der Waals surface area contributed by atoms with E-state index in [1.54, 1.807) is 24.5 Å². The third-order valence-corrected chi connectivity index (χ3v) is 2.81. The summed E-state index contributed by atoms with van der Waals surface area (Å²) in [6, 6.07) is 11.1. The topological polar surface area (TPSA) is 36.7 Å². The molecule has 0 radical (unpaired) electrons. The summed E-state index contributed by atoms with van der Waals surface area (Å²) in [4.78, 5) is 3.88. The van der Waals surface area contributed by atoms with Crippen LogP contribution >= 0.6 is 11.6 Å². The van der Waals surface area contributed by atoms with Gasteiger partial charge in [-0.15, -0.1) is 0 Å². The summed E-state index contributed by atoms with van der Waals surface area (Å²) < 4.78 is 12.8. The SMILES string of the molecule is N#C/C(=C(/Cl)c1ccc(F)cc1)c1ccncc1. The summed E-state index contributed by atoms with van der Waals surface area (Å²) in [6.45, 7) is 0. The first-order valence-corrected chi connectivity index (χ1v) is 5.56. The van der Waals surface area contributed by atoms with Gasteiger partial charge in [0, 0.05) is 12.4 Å². The third kappa shape index (κ3) is 2.55. The van der Waals surface area contributed by atoms with E-state index in [-0.39, 0.29) is 5.82 Å². The molecule has 2 rings (SSSR count). The fourth-order valence-corrected chi connectivity index (χ4v) is 1.78. The van der Waals surface area contributed by atoms with Crippen LogP contribution in [0.1, 0.15) is 11.1 Å². The zero-order valence-electron chi connectivity index (χ0n) is 9.27. The molecule has 0 unspecified atom stereocenters. The minimum Gasteiger partial charge on any atom is -0.265 e. The Morgan fingerprint density at radius 3 is 2.22 bits per heavy atom. The van der Waals surface area contributed by atoms with Gasteiger partial charge >= 0.3 is 0 Å². The number of allylic oxidation sites excluding steroid dienone is 1. The van der Waals surface area contributed by atoms with E-state index in [0.29, 0.717) is 21.7 Å². The highest BCUT2D eigenvalue weighted by Gasteiger charge is 2.09. The zero-order valence-corrected chi connectivity index (χ0v) is 10.0. The maximum absolute atomic E-state index is 12.8. The van der Waals surface area contributed by atoms with Crippen LogP contribution in [0.4, 0.5) is 4.39 Å². The second-order valence-electron chi connectivity index (χ2n) is 3.54. The van der Waals surface area contributed by atoms with Crippen molar-refractivity contribution in [3.63, 3.8) is 0 Å². The Morgan fingerprint density at radius 1 is 1.06 bits per heavy atom. The summed E-state index contributed by atoms with van der Waals surface area (Å²) in [5, 5.41) is 9.47. The quantitative estimate of drug-likeness (QED) is 0.767. The van der Waals surface area contributed by atoms with Gasteiger partial charge in [0.25, 0.3) is 0 Å². The molecule has 0 fully saturated rings. The van der Waals surface area contributed by atoms with E-state index in [4.69, 9.17) is 11.6 Å². The highest BCUT2D eigenvalue weighted by molar-refractivity contribution is 6.53. The van der Waals surface area contributed by atoms with Crippen molar-refractivity contribution in [3.05, 3.63) is 65.7 Å². The van der Waals surface area contributed by atoms with E-state index >= 15 is 0 Å². The van der Waals surface area contributed by atoms with Crippen molar-refractivity contribution in [2.24, 2.45) is 0 Å². The van der Waals surface area contributed by atoms with E-state index < -0.39 is 0 Å². The smallest absolute Gasteiger partial charge is 0.123 e. The number of nitrogens with zero attached hydrogens (tertiary/aromatic N) is 2. The fourth-order valence-electron chi connectivity index (χ4n) is 1.50. The van der Waals surface area contributed by atoms with Crippen LogP contribution in [0.15, 0.2) is 48.8 Å². The molecule has 0 spiro atoms. The maximum atomic E-state index is 12.8. The molecule has 0 saturated heterocycles. The number of halogens is 2. The number of benzene rings is 1. The number of hydrogen-bond acceptors (Lipinski definition) is 2. The van der Waals surface area contributed by atoms with E-state index in [9.17, 15) is 9.65 Å². The Morgan fingerprint density at radius 2 is 1.67 bits per heavy atom. The predicted octanol–water partition coefficient (Wildman–Crippen LogP) is 3.85. The predicted molar refractivity (Wildman–Crippen MR) is 68.9 cm³/mol. The van der Waals surface area contributed by atoms with Crippen LogP contribution in [0, 0.1) is 17.1 Å². The van der Waals surface area contributed by atoms with Gasteiger partial charge < -0.3 is 0 Å². The van der Waals surface area contributed by atoms with Crippen molar-refractivity contribution in [1.29, 1.82) is 5.26 Å². The molecule has 0 bridgehead atoms. The van der Waals surface area contributed by atoms with Crippen LogP contribution in [0.2, 0.25) is 0 Å². The largest absolute Gasteiger partial charge is 0.265 e. The van der Waals surface area contributed by atoms with Crippen molar-refractivity contribution in [2.75, 3.05) is 0 Å². The summed E-state index contributed by atoms with van der Waals surface area (Å²) in [7, 11) is 0. The van der Waals surface area contributed by atoms with E-state index in [1.165, 1.54) is 24.3 Å². The van der Waals surface area contributed by atoms with Gasteiger partial charge in [-0.3, -0.25) is 4.98 Å². The van der Waals surface area contributed by atoms with Gasteiger partial charge in [0.05, 0.1) is 10.6 Å². The first-order chi connectivity index (χ1) is 8.72. The van der Waals surface area contributed by atoms with Crippen LogP contribution in [-0.2, 0) is 0 Å². The van der Waals surface area contributed by atoms with Gasteiger partial charge in [-0.1, -0.05) is 23.7 Å². The molecule has 0 amide bonds. The van der Waals surface area contributed by atoms with Gasteiger partial charge in [0.15, 0.2) is 0 Å². The molecular weight excluding hydrogens is 251 g/mol. The van der Waals surface area contributed by atoms with Crippen LogP contribution in [0.3, 0.4) is 0 Å². The first-order valence-electron chi connectivity index (χ1n) is 5.18. The Balaban J connectivity index is 2.51.